The lowest BCUT2D eigenvalue weighted by atomic mass is 9.98. The number of benzene rings is 3. The van der Waals surface area contributed by atoms with Crippen molar-refractivity contribution in [2.75, 3.05) is 6.54 Å². The largest absolute Gasteiger partial charge is 0.480 e. The van der Waals surface area contributed by atoms with Crippen LogP contribution in [-0.4, -0.2) is 47.5 Å². The molecule has 40 heavy (non-hydrogen) atoms. The van der Waals surface area contributed by atoms with Crippen LogP contribution in [0.3, 0.4) is 0 Å². The Morgan fingerprint density at radius 1 is 0.825 bits per heavy atom. The van der Waals surface area contributed by atoms with Crippen LogP contribution in [0.25, 0.3) is 11.1 Å². The first-order chi connectivity index (χ1) is 19.2. The first kappa shape index (κ1) is 29.9. The number of nitrogens with one attached hydrogen (secondary N) is 2. The molecular formula is C30H36N6O4. The first-order valence-electron chi connectivity index (χ1n) is 13.1. The summed E-state index contributed by atoms with van der Waals surface area (Å²) in [6, 6.07) is 23.6. The summed E-state index contributed by atoms with van der Waals surface area (Å²) < 4.78 is 0. The molecule has 0 aliphatic carbocycles. The number of hydrogen-bond acceptors (Lipinski definition) is 5. The highest BCUT2D eigenvalue weighted by Gasteiger charge is 2.25. The molecule has 0 bridgehead atoms. The number of carboxylic acids is 1. The maximum atomic E-state index is 13.1. The molecule has 0 radical (unpaired) electrons. The molecule has 0 saturated heterocycles. The minimum atomic E-state index is -1.15. The van der Waals surface area contributed by atoms with Crippen molar-refractivity contribution >= 4 is 23.7 Å². The standard InChI is InChI=1S/C30H36N6O4/c31-24(12-7-17-34-30(32)33)28(38)36-25(23-15-13-22(14-16-23)21-10-5-2-6-11-21)19-27(37)35-26(29(39)40)18-20-8-3-1-4-9-20/h1-6,8-11,13-16,24-26H,7,12,17-19,31H2,(H,35,37)(H,36,38)(H,39,40)(H4,32,33,34)/t24-,25-,26-/m0/s1. The van der Waals surface area contributed by atoms with E-state index in [1.54, 1.807) is 24.3 Å². The number of nitrogens with zero attached hydrogens (tertiary/aromatic N) is 1. The van der Waals surface area contributed by atoms with Gasteiger partial charge in [0.2, 0.25) is 11.8 Å². The number of amides is 2. The fourth-order valence-corrected chi connectivity index (χ4v) is 4.21. The summed E-state index contributed by atoms with van der Waals surface area (Å²) in [4.78, 5) is 41.8. The van der Waals surface area contributed by atoms with Gasteiger partial charge in [-0.15, -0.1) is 0 Å². The average molecular weight is 545 g/mol. The second-order valence-electron chi connectivity index (χ2n) is 9.46. The molecule has 9 N–H and O–H groups in total. The van der Waals surface area contributed by atoms with Gasteiger partial charge >= 0.3 is 5.97 Å². The van der Waals surface area contributed by atoms with E-state index >= 15 is 0 Å². The first-order valence-corrected chi connectivity index (χ1v) is 13.1. The fourth-order valence-electron chi connectivity index (χ4n) is 4.21. The third-order valence-corrected chi connectivity index (χ3v) is 6.35. The molecule has 0 aromatic heterocycles. The van der Waals surface area contributed by atoms with Gasteiger partial charge in [0.1, 0.15) is 6.04 Å². The minimum Gasteiger partial charge on any atom is -0.480 e. The Balaban J connectivity index is 1.74. The number of guanidine groups is 1. The van der Waals surface area contributed by atoms with Crippen LogP contribution in [0.2, 0.25) is 0 Å². The molecule has 0 fully saturated rings. The van der Waals surface area contributed by atoms with Crippen LogP contribution in [0.1, 0.15) is 36.4 Å². The molecule has 3 aromatic carbocycles. The number of hydrogen-bond donors (Lipinski definition) is 6. The van der Waals surface area contributed by atoms with Crippen molar-refractivity contribution in [3.63, 3.8) is 0 Å². The molecule has 0 heterocycles. The average Bonchev–Trinajstić information content (AvgIpc) is 2.95. The molecular weight excluding hydrogens is 508 g/mol. The quantitative estimate of drug-likeness (QED) is 0.102. The van der Waals surface area contributed by atoms with E-state index in [0.29, 0.717) is 24.9 Å². The van der Waals surface area contributed by atoms with Gasteiger partial charge < -0.3 is 32.9 Å². The van der Waals surface area contributed by atoms with Gasteiger partial charge in [-0.05, 0) is 35.1 Å². The zero-order valence-corrected chi connectivity index (χ0v) is 22.2. The summed E-state index contributed by atoms with van der Waals surface area (Å²) in [7, 11) is 0. The third kappa shape index (κ3) is 9.55. The lowest BCUT2D eigenvalue weighted by Crippen LogP contribution is -2.46. The van der Waals surface area contributed by atoms with Gasteiger partial charge in [-0.1, -0.05) is 84.9 Å². The van der Waals surface area contributed by atoms with Gasteiger partial charge in [-0.2, -0.15) is 0 Å². The van der Waals surface area contributed by atoms with Gasteiger partial charge in [-0.3, -0.25) is 14.6 Å². The summed E-state index contributed by atoms with van der Waals surface area (Å²) >= 11 is 0. The Hall–Kier alpha value is -4.70. The molecule has 3 atom stereocenters. The lowest BCUT2D eigenvalue weighted by molar-refractivity contribution is -0.142. The van der Waals surface area contributed by atoms with Gasteiger partial charge in [0, 0.05) is 13.0 Å². The van der Waals surface area contributed by atoms with Crippen molar-refractivity contribution in [2.45, 2.75) is 43.8 Å². The van der Waals surface area contributed by atoms with E-state index in [-0.39, 0.29) is 18.8 Å². The second kappa shape index (κ2) is 15.0. The normalized spacial score (nSPS) is 12.9. The molecule has 0 spiro atoms. The molecule has 3 rings (SSSR count). The summed E-state index contributed by atoms with van der Waals surface area (Å²) in [5.74, 6) is -2.13. The van der Waals surface area contributed by atoms with Crippen molar-refractivity contribution in [1.29, 1.82) is 0 Å². The van der Waals surface area contributed by atoms with E-state index in [2.05, 4.69) is 15.6 Å². The van der Waals surface area contributed by atoms with E-state index in [1.807, 2.05) is 60.7 Å². The lowest BCUT2D eigenvalue weighted by Gasteiger charge is -2.23. The number of carbonyl (C=O) groups is 3. The number of rotatable bonds is 14. The van der Waals surface area contributed by atoms with Crippen LogP contribution in [0.5, 0.6) is 0 Å². The molecule has 0 aliphatic heterocycles. The number of carbonyl (C=O) groups excluding carboxylic acids is 2. The van der Waals surface area contributed by atoms with Crippen LogP contribution >= 0.6 is 0 Å². The SMILES string of the molecule is NC(N)=NCCC[C@H](N)C(=O)N[C@@H](CC(=O)N[C@@H](Cc1ccccc1)C(=O)O)c1ccc(-c2ccccc2)cc1. The predicted octanol–water partition coefficient (Wildman–Crippen LogP) is 2.09. The number of aliphatic carboxylic acids is 1. The van der Waals surface area contributed by atoms with Crippen LogP contribution in [0.15, 0.2) is 89.9 Å². The highest BCUT2D eigenvalue weighted by atomic mass is 16.4. The van der Waals surface area contributed by atoms with Crippen molar-refractivity contribution in [2.24, 2.45) is 22.2 Å². The van der Waals surface area contributed by atoms with Crippen LogP contribution < -0.4 is 27.8 Å². The molecule has 10 nitrogen and oxygen atoms in total. The topological polar surface area (TPSA) is 186 Å². The van der Waals surface area contributed by atoms with E-state index in [9.17, 15) is 19.5 Å². The highest BCUT2D eigenvalue weighted by Crippen LogP contribution is 2.24. The predicted molar refractivity (Wildman–Crippen MR) is 155 cm³/mol. The summed E-state index contributed by atoms with van der Waals surface area (Å²) in [6.45, 7) is 0.341. The zero-order chi connectivity index (χ0) is 28.9. The Bertz CT molecular complexity index is 1280. The smallest absolute Gasteiger partial charge is 0.326 e. The number of aliphatic imine (C=N–C) groups is 1. The van der Waals surface area contributed by atoms with Gasteiger partial charge in [0.25, 0.3) is 0 Å². The maximum Gasteiger partial charge on any atom is 0.326 e. The van der Waals surface area contributed by atoms with Crippen molar-refractivity contribution in [3.05, 3.63) is 96.1 Å². The number of nitrogens with two attached hydrogens (primary N) is 3. The minimum absolute atomic E-state index is 0.0324. The van der Waals surface area contributed by atoms with E-state index in [4.69, 9.17) is 17.2 Å². The molecule has 0 saturated carbocycles. The molecule has 2 amide bonds. The van der Waals surface area contributed by atoms with Gasteiger partial charge in [0.05, 0.1) is 18.5 Å². The second-order valence-corrected chi connectivity index (χ2v) is 9.46. The highest BCUT2D eigenvalue weighted by molar-refractivity contribution is 5.86. The fraction of sp³-hybridized carbons (Fsp3) is 0.267. The maximum absolute atomic E-state index is 13.1. The molecule has 210 valence electrons. The zero-order valence-electron chi connectivity index (χ0n) is 22.2. The Morgan fingerprint density at radius 3 is 2.02 bits per heavy atom. The monoisotopic (exact) mass is 544 g/mol. The van der Waals surface area contributed by atoms with Crippen molar-refractivity contribution in [1.82, 2.24) is 10.6 Å². The van der Waals surface area contributed by atoms with Crippen LogP contribution in [-0.2, 0) is 20.8 Å². The van der Waals surface area contributed by atoms with Gasteiger partial charge in [-0.25, -0.2) is 4.79 Å². The van der Waals surface area contributed by atoms with E-state index in [0.717, 1.165) is 16.7 Å². The number of carboxylic acid groups (broad SMARTS) is 1. The van der Waals surface area contributed by atoms with Crippen LogP contribution in [0.4, 0.5) is 0 Å². The Kier molecular flexibility index (Phi) is 11.2. The van der Waals surface area contributed by atoms with Gasteiger partial charge in [0.15, 0.2) is 5.96 Å². The third-order valence-electron chi connectivity index (χ3n) is 6.35. The van der Waals surface area contributed by atoms with E-state index in [1.165, 1.54) is 0 Å². The summed E-state index contributed by atoms with van der Waals surface area (Å²) in [5.41, 5.74) is 20.2. The molecule has 3 aromatic rings. The van der Waals surface area contributed by atoms with E-state index < -0.39 is 35.9 Å². The molecule has 0 unspecified atom stereocenters. The molecule has 0 aliphatic rings. The summed E-state index contributed by atoms with van der Waals surface area (Å²) in [5, 5.41) is 15.2. The van der Waals surface area contributed by atoms with Crippen molar-refractivity contribution < 1.29 is 19.5 Å². The van der Waals surface area contributed by atoms with Crippen molar-refractivity contribution in [3.8, 4) is 11.1 Å². The Morgan fingerprint density at radius 2 is 1.43 bits per heavy atom. The van der Waals surface area contributed by atoms with Crippen LogP contribution in [0, 0.1) is 0 Å². The Labute approximate surface area is 233 Å². The molecule has 10 heteroatoms. The summed E-state index contributed by atoms with van der Waals surface area (Å²) in [6.07, 6.45) is 0.803.